The molecule has 7 heteroatoms. The van der Waals surface area contributed by atoms with Gasteiger partial charge in [0.15, 0.2) is 0 Å². The highest BCUT2D eigenvalue weighted by atomic mass is 19.4. The van der Waals surface area contributed by atoms with Crippen molar-refractivity contribution in [2.45, 2.75) is 13.1 Å². The van der Waals surface area contributed by atoms with Crippen LogP contribution < -0.4 is 5.32 Å². The third-order valence-electron chi connectivity index (χ3n) is 2.96. The topological polar surface area (TPSA) is 56.1 Å². The van der Waals surface area contributed by atoms with E-state index in [-0.39, 0.29) is 12.1 Å². The van der Waals surface area contributed by atoms with Gasteiger partial charge in [0.2, 0.25) is 0 Å². The zero-order chi connectivity index (χ0) is 16.2. The molecule has 1 aromatic rings. The summed E-state index contributed by atoms with van der Waals surface area (Å²) in [5, 5.41) is 11.4. The van der Waals surface area contributed by atoms with Gasteiger partial charge in [-0.25, -0.2) is 0 Å². The summed E-state index contributed by atoms with van der Waals surface area (Å²) in [5.74, 6) is -0.963. The zero-order valence-electron chi connectivity index (χ0n) is 12.0. The van der Waals surface area contributed by atoms with E-state index in [1.54, 1.807) is 6.92 Å². The van der Waals surface area contributed by atoms with Crippen molar-refractivity contribution in [1.29, 1.82) is 5.26 Å². The van der Waals surface area contributed by atoms with E-state index in [0.29, 0.717) is 5.69 Å². The van der Waals surface area contributed by atoms with Gasteiger partial charge in [0.25, 0.3) is 5.91 Å². The molecule has 0 aromatic heterocycles. The first kappa shape index (κ1) is 16.8. The summed E-state index contributed by atoms with van der Waals surface area (Å²) in [6.45, 7) is 1.78. The summed E-state index contributed by atoms with van der Waals surface area (Å²) in [4.78, 5) is 13.5. The Balaban J connectivity index is 3.15. The molecule has 1 unspecified atom stereocenters. The van der Waals surface area contributed by atoms with Crippen LogP contribution in [0.15, 0.2) is 18.2 Å². The van der Waals surface area contributed by atoms with E-state index in [0.717, 1.165) is 12.1 Å². The maximum Gasteiger partial charge on any atom is 0.416 e. The van der Waals surface area contributed by atoms with Crippen LogP contribution in [0.4, 0.5) is 18.9 Å². The molecule has 1 rings (SSSR count). The number of rotatable bonds is 4. The molecule has 4 nitrogen and oxygen atoms in total. The SMILES string of the molecule is CNc1ccc(C(F)(F)F)cc1C(=O)N(C)CC(C)C#N. The first-order valence-corrected chi connectivity index (χ1v) is 6.24. The molecule has 0 saturated heterocycles. The Kier molecular flexibility index (Phi) is 5.19. The van der Waals surface area contributed by atoms with Crippen molar-refractivity contribution in [2.75, 3.05) is 26.0 Å². The largest absolute Gasteiger partial charge is 0.416 e. The first-order valence-electron chi connectivity index (χ1n) is 6.24. The van der Waals surface area contributed by atoms with Crippen LogP contribution in [-0.4, -0.2) is 31.4 Å². The Morgan fingerprint density at radius 2 is 2.10 bits per heavy atom. The zero-order valence-corrected chi connectivity index (χ0v) is 12.0. The van der Waals surface area contributed by atoms with Crippen molar-refractivity contribution in [2.24, 2.45) is 5.92 Å². The van der Waals surface area contributed by atoms with Gasteiger partial charge in [0.1, 0.15) is 0 Å². The molecule has 0 radical (unpaired) electrons. The van der Waals surface area contributed by atoms with Gasteiger partial charge >= 0.3 is 6.18 Å². The monoisotopic (exact) mass is 299 g/mol. The van der Waals surface area contributed by atoms with Crippen LogP contribution in [0.2, 0.25) is 0 Å². The summed E-state index contributed by atoms with van der Waals surface area (Å²) in [5.41, 5.74) is -0.643. The van der Waals surface area contributed by atoms with Crippen molar-refractivity contribution in [3.63, 3.8) is 0 Å². The van der Waals surface area contributed by atoms with Crippen LogP contribution in [-0.2, 0) is 6.18 Å². The van der Waals surface area contributed by atoms with E-state index < -0.39 is 23.6 Å². The van der Waals surface area contributed by atoms with Crippen LogP contribution in [0.5, 0.6) is 0 Å². The number of hydrogen-bond donors (Lipinski definition) is 1. The van der Waals surface area contributed by atoms with Gasteiger partial charge < -0.3 is 10.2 Å². The van der Waals surface area contributed by atoms with E-state index in [9.17, 15) is 18.0 Å². The average Bonchev–Trinajstić information content (AvgIpc) is 2.44. The molecule has 114 valence electrons. The molecular formula is C14H16F3N3O. The molecule has 0 bridgehead atoms. The van der Waals surface area contributed by atoms with Gasteiger partial charge in [-0.2, -0.15) is 18.4 Å². The number of amides is 1. The standard InChI is InChI=1S/C14H16F3N3O/c1-9(7-18)8-20(3)13(21)11-6-10(14(15,16)17)4-5-12(11)19-2/h4-6,9,19H,8H2,1-3H3. The van der Waals surface area contributed by atoms with Crippen LogP contribution in [0.25, 0.3) is 0 Å². The van der Waals surface area contributed by atoms with Crippen molar-refractivity contribution >= 4 is 11.6 Å². The molecular weight excluding hydrogens is 283 g/mol. The minimum Gasteiger partial charge on any atom is -0.387 e. The van der Waals surface area contributed by atoms with E-state index in [2.05, 4.69) is 5.32 Å². The molecule has 0 fully saturated rings. The highest BCUT2D eigenvalue weighted by molar-refractivity contribution is 5.99. The van der Waals surface area contributed by atoms with Crippen LogP contribution in [0.3, 0.4) is 0 Å². The Morgan fingerprint density at radius 3 is 2.57 bits per heavy atom. The number of alkyl halides is 3. The predicted octanol–water partition coefficient (Wildman–Crippen LogP) is 2.98. The number of carbonyl (C=O) groups is 1. The molecule has 0 heterocycles. The highest BCUT2D eigenvalue weighted by Gasteiger charge is 2.32. The van der Waals surface area contributed by atoms with Crippen LogP contribution in [0, 0.1) is 17.2 Å². The quantitative estimate of drug-likeness (QED) is 0.930. The smallest absolute Gasteiger partial charge is 0.387 e. The third-order valence-corrected chi connectivity index (χ3v) is 2.96. The van der Waals surface area contributed by atoms with Gasteiger partial charge in [-0.3, -0.25) is 4.79 Å². The lowest BCUT2D eigenvalue weighted by atomic mass is 10.1. The number of benzene rings is 1. The lowest BCUT2D eigenvalue weighted by molar-refractivity contribution is -0.137. The second-order valence-corrected chi connectivity index (χ2v) is 4.72. The number of anilines is 1. The molecule has 0 spiro atoms. The predicted molar refractivity (Wildman–Crippen MR) is 72.7 cm³/mol. The highest BCUT2D eigenvalue weighted by Crippen LogP contribution is 2.32. The molecule has 0 saturated carbocycles. The van der Waals surface area contributed by atoms with E-state index in [4.69, 9.17) is 5.26 Å². The minimum atomic E-state index is -4.51. The van der Waals surface area contributed by atoms with E-state index >= 15 is 0 Å². The molecule has 1 amide bonds. The summed E-state index contributed by atoms with van der Waals surface area (Å²) in [6.07, 6.45) is -4.51. The molecule has 1 aromatic carbocycles. The van der Waals surface area contributed by atoms with Crippen LogP contribution >= 0.6 is 0 Å². The fourth-order valence-corrected chi connectivity index (χ4v) is 1.86. The van der Waals surface area contributed by atoms with Gasteiger partial charge in [0.05, 0.1) is 23.1 Å². The van der Waals surface area contributed by atoms with E-state index in [1.807, 2.05) is 6.07 Å². The summed E-state index contributed by atoms with van der Waals surface area (Å²) < 4.78 is 38.2. The van der Waals surface area contributed by atoms with Crippen molar-refractivity contribution in [3.05, 3.63) is 29.3 Å². The first-order chi connectivity index (χ1) is 9.70. The Bertz CT molecular complexity index is 564. The maximum atomic E-state index is 12.7. The third kappa shape index (κ3) is 4.12. The number of nitrogens with one attached hydrogen (secondary N) is 1. The van der Waals surface area contributed by atoms with Gasteiger partial charge in [-0.15, -0.1) is 0 Å². The van der Waals surface area contributed by atoms with Gasteiger partial charge in [0, 0.05) is 26.3 Å². The average molecular weight is 299 g/mol. The lowest BCUT2D eigenvalue weighted by Crippen LogP contribution is -2.31. The molecule has 0 aliphatic carbocycles. The lowest BCUT2D eigenvalue weighted by Gasteiger charge is -2.21. The number of hydrogen-bond acceptors (Lipinski definition) is 3. The Hall–Kier alpha value is -2.23. The van der Waals surface area contributed by atoms with Gasteiger partial charge in [-0.1, -0.05) is 0 Å². The molecule has 0 aliphatic rings. The van der Waals surface area contributed by atoms with E-state index in [1.165, 1.54) is 25.1 Å². The maximum absolute atomic E-state index is 12.7. The second-order valence-electron chi connectivity index (χ2n) is 4.72. The Labute approximate surface area is 121 Å². The van der Waals surface area contributed by atoms with Crippen molar-refractivity contribution in [3.8, 4) is 6.07 Å². The summed E-state index contributed by atoms with van der Waals surface area (Å²) in [7, 11) is 2.98. The van der Waals surface area contributed by atoms with Gasteiger partial charge in [-0.05, 0) is 25.1 Å². The molecule has 1 N–H and O–H groups in total. The fraction of sp³-hybridized carbons (Fsp3) is 0.429. The van der Waals surface area contributed by atoms with Crippen molar-refractivity contribution in [1.82, 2.24) is 4.90 Å². The summed E-state index contributed by atoms with van der Waals surface area (Å²) in [6, 6.07) is 4.94. The number of nitrogens with zero attached hydrogens (tertiary/aromatic N) is 2. The molecule has 1 atom stereocenters. The summed E-state index contributed by atoms with van der Waals surface area (Å²) >= 11 is 0. The molecule has 0 aliphatic heterocycles. The number of halogens is 3. The van der Waals surface area contributed by atoms with Crippen molar-refractivity contribution < 1.29 is 18.0 Å². The second kappa shape index (κ2) is 6.48. The normalized spacial score (nSPS) is 12.4. The number of nitriles is 1. The number of carbonyl (C=O) groups excluding carboxylic acids is 1. The Morgan fingerprint density at radius 1 is 1.48 bits per heavy atom. The minimum absolute atomic E-state index is 0.0695. The fourth-order valence-electron chi connectivity index (χ4n) is 1.86. The molecule has 21 heavy (non-hydrogen) atoms. The van der Waals surface area contributed by atoms with Crippen LogP contribution in [0.1, 0.15) is 22.8 Å².